The number of carbonyl (C=O) groups is 2. The third kappa shape index (κ3) is 5.78. The zero-order valence-corrected chi connectivity index (χ0v) is 19.6. The number of rotatable bonds is 4. The van der Waals surface area contributed by atoms with Crippen molar-refractivity contribution in [3.05, 3.63) is 59.2 Å². The number of hydrogen-bond acceptors (Lipinski definition) is 5. The number of fused-ring (bicyclic) bond motifs is 1. The van der Waals surface area contributed by atoms with E-state index in [9.17, 15) is 9.59 Å². The summed E-state index contributed by atoms with van der Waals surface area (Å²) in [6.07, 6.45) is 2.28. The Labute approximate surface area is 195 Å². The summed E-state index contributed by atoms with van der Waals surface area (Å²) < 4.78 is 16.8. The van der Waals surface area contributed by atoms with Crippen molar-refractivity contribution in [1.82, 2.24) is 10.2 Å². The van der Waals surface area contributed by atoms with Gasteiger partial charge >= 0.3 is 6.09 Å². The van der Waals surface area contributed by atoms with E-state index in [1.807, 2.05) is 68.1 Å². The summed E-state index contributed by atoms with van der Waals surface area (Å²) in [5, 5.41) is 2.74. The fraction of sp³-hybridized carbons (Fsp3) is 0.462. The van der Waals surface area contributed by atoms with Gasteiger partial charge in [-0.05, 0) is 69.0 Å². The molecule has 0 spiro atoms. The molecule has 33 heavy (non-hydrogen) atoms. The van der Waals surface area contributed by atoms with Crippen LogP contribution in [0.5, 0.6) is 11.5 Å². The highest BCUT2D eigenvalue weighted by Crippen LogP contribution is 2.38. The molecule has 0 aliphatic carbocycles. The SMILES string of the molecule is CC(C)(C)OC(=O)NCc1ccc(C(=O)N2CCC[C@H]2c2ccc3c(c2)OCCCO3)cc1. The van der Waals surface area contributed by atoms with Gasteiger partial charge in [0, 0.05) is 25.1 Å². The van der Waals surface area contributed by atoms with Crippen LogP contribution in [0.3, 0.4) is 0 Å². The van der Waals surface area contributed by atoms with Gasteiger partial charge in [0.25, 0.3) is 5.91 Å². The van der Waals surface area contributed by atoms with Crippen molar-refractivity contribution in [2.45, 2.75) is 58.2 Å². The summed E-state index contributed by atoms with van der Waals surface area (Å²) in [6, 6.07) is 13.4. The molecule has 1 fully saturated rings. The van der Waals surface area contributed by atoms with E-state index in [1.165, 1.54) is 0 Å². The summed E-state index contributed by atoms with van der Waals surface area (Å²) in [6.45, 7) is 7.83. The Balaban J connectivity index is 1.41. The topological polar surface area (TPSA) is 77.1 Å². The Morgan fingerprint density at radius 2 is 1.76 bits per heavy atom. The number of ether oxygens (including phenoxy) is 3. The van der Waals surface area contributed by atoms with Crippen LogP contribution in [0.25, 0.3) is 0 Å². The minimum Gasteiger partial charge on any atom is -0.490 e. The van der Waals surface area contributed by atoms with Gasteiger partial charge in [0.1, 0.15) is 5.60 Å². The second-order valence-corrected chi connectivity index (χ2v) is 9.47. The molecule has 0 aromatic heterocycles. The summed E-state index contributed by atoms with van der Waals surface area (Å²) in [7, 11) is 0. The van der Waals surface area contributed by atoms with E-state index >= 15 is 0 Å². The van der Waals surface area contributed by atoms with Gasteiger partial charge < -0.3 is 24.4 Å². The fourth-order valence-corrected chi connectivity index (χ4v) is 4.16. The number of amides is 2. The maximum Gasteiger partial charge on any atom is 0.407 e. The quantitative estimate of drug-likeness (QED) is 0.718. The molecule has 4 rings (SSSR count). The van der Waals surface area contributed by atoms with Crippen LogP contribution in [0.2, 0.25) is 0 Å². The van der Waals surface area contributed by atoms with E-state index in [1.54, 1.807) is 0 Å². The normalized spacial score (nSPS) is 17.9. The summed E-state index contributed by atoms with van der Waals surface area (Å²) in [5.41, 5.74) is 2.07. The van der Waals surface area contributed by atoms with Gasteiger partial charge in [0.05, 0.1) is 19.3 Å². The molecule has 1 atom stereocenters. The lowest BCUT2D eigenvalue weighted by molar-refractivity contribution is 0.0523. The monoisotopic (exact) mass is 452 g/mol. The van der Waals surface area contributed by atoms with E-state index in [0.717, 1.165) is 48.4 Å². The first-order valence-corrected chi connectivity index (χ1v) is 11.6. The lowest BCUT2D eigenvalue weighted by atomic mass is 10.0. The van der Waals surface area contributed by atoms with Crippen molar-refractivity contribution >= 4 is 12.0 Å². The third-order valence-electron chi connectivity index (χ3n) is 5.71. The predicted molar refractivity (Wildman–Crippen MR) is 125 cm³/mol. The van der Waals surface area contributed by atoms with Gasteiger partial charge in [0.15, 0.2) is 11.5 Å². The minimum absolute atomic E-state index is 0.0104. The van der Waals surface area contributed by atoms with Crippen molar-refractivity contribution < 1.29 is 23.8 Å². The van der Waals surface area contributed by atoms with Crippen LogP contribution in [-0.4, -0.2) is 42.3 Å². The highest BCUT2D eigenvalue weighted by Gasteiger charge is 2.31. The number of likely N-dealkylation sites (tertiary alicyclic amines) is 1. The smallest absolute Gasteiger partial charge is 0.407 e. The molecule has 0 unspecified atom stereocenters. The molecule has 1 saturated heterocycles. The van der Waals surface area contributed by atoms with Crippen LogP contribution in [0.15, 0.2) is 42.5 Å². The Morgan fingerprint density at radius 3 is 2.48 bits per heavy atom. The summed E-state index contributed by atoms with van der Waals surface area (Å²) in [4.78, 5) is 27.1. The van der Waals surface area contributed by atoms with E-state index in [-0.39, 0.29) is 11.9 Å². The summed E-state index contributed by atoms with van der Waals surface area (Å²) >= 11 is 0. The van der Waals surface area contributed by atoms with Crippen molar-refractivity contribution in [3.63, 3.8) is 0 Å². The van der Waals surface area contributed by atoms with E-state index in [0.29, 0.717) is 25.3 Å². The molecule has 2 aromatic carbocycles. The number of hydrogen-bond donors (Lipinski definition) is 1. The van der Waals surface area contributed by atoms with Crippen molar-refractivity contribution in [2.75, 3.05) is 19.8 Å². The number of carbonyl (C=O) groups excluding carboxylic acids is 2. The van der Waals surface area contributed by atoms with Crippen LogP contribution >= 0.6 is 0 Å². The lowest BCUT2D eigenvalue weighted by Gasteiger charge is -2.26. The van der Waals surface area contributed by atoms with E-state index in [2.05, 4.69) is 5.32 Å². The molecule has 2 amide bonds. The largest absolute Gasteiger partial charge is 0.490 e. The Hall–Kier alpha value is -3.22. The third-order valence-corrected chi connectivity index (χ3v) is 5.71. The molecule has 1 N–H and O–H groups in total. The van der Waals surface area contributed by atoms with Crippen LogP contribution in [0.4, 0.5) is 4.79 Å². The highest BCUT2D eigenvalue weighted by atomic mass is 16.6. The Bertz CT molecular complexity index is 997. The molecule has 0 saturated carbocycles. The molecule has 7 nitrogen and oxygen atoms in total. The number of benzene rings is 2. The predicted octanol–water partition coefficient (Wildman–Crippen LogP) is 4.85. The number of nitrogens with zero attached hydrogens (tertiary/aromatic N) is 1. The second-order valence-electron chi connectivity index (χ2n) is 9.47. The van der Waals surface area contributed by atoms with Crippen molar-refractivity contribution in [1.29, 1.82) is 0 Å². The van der Waals surface area contributed by atoms with Crippen molar-refractivity contribution in [3.8, 4) is 11.5 Å². The maximum atomic E-state index is 13.3. The lowest BCUT2D eigenvalue weighted by Crippen LogP contribution is -2.32. The number of nitrogens with one attached hydrogen (secondary N) is 1. The van der Waals surface area contributed by atoms with Gasteiger partial charge in [-0.15, -0.1) is 0 Å². The minimum atomic E-state index is -0.539. The molecule has 2 aromatic rings. The first-order chi connectivity index (χ1) is 15.8. The standard InChI is InChI=1S/C26H32N2O5/c1-26(2,3)33-25(30)27-17-18-7-9-19(10-8-18)24(29)28-13-4-6-21(28)20-11-12-22-23(16-20)32-15-5-14-31-22/h7-12,16,21H,4-6,13-15,17H2,1-3H3,(H,27,30)/t21-/m0/s1. The average molecular weight is 453 g/mol. The van der Waals surface area contributed by atoms with Crippen LogP contribution < -0.4 is 14.8 Å². The molecular formula is C26H32N2O5. The van der Waals surface area contributed by atoms with Crippen LogP contribution in [-0.2, 0) is 11.3 Å². The summed E-state index contributed by atoms with van der Waals surface area (Å²) in [5.74, 6) is 1.53. The molecule has 176 valence electrons. The molecule has 0 radical (unpaired) electrons. The van der Waals surface area contributed by atoms with Gasteiger partial charge in [-0.3, -0.25) is 4.79 Å². The molecule has 0 bridgehead atoms. The molecule has 2 aliphatic rings. The first kappa shape index (κ1) is 23.0. The van der Waals surface area contributed by atoms with E-state index in [4.69, 9.17) is 14.2 Å². The zero-order valence-electron chi connectivity index (χ0n) is 19.6. The van der Waals surface area contributed by atoms with Crippen LogP contribution in [0.1, 0.15) is 67.6 Å². The Kier molecular flexibility index (Phi) is 6.77. The zero-order chi connectivity index (χ0) is 23.4. The second kappa shape index (κ2) is 9.73. The van der Waals surface area contributed by atoms with Crippen LogP contribution in [0, 0.1) is 0 Å². The maximum absolute atomic E-state index is 13.3. The van der Waals surface area contributed by atoms with Crippen molar-refractivity contribution in [2.24, 2.45) is 0 Å². The molecule has 2 heterocycles. The first-order valence-electron chi connectivity index (χ1n) is 11.6. The molecular weight excluding hydrogens is 420 g/mol. The number of alkyl carbamates (subject to hydrolysis) is 1. The molecule has 2 aliphatic heterocycles. The highest BCUT2D eigenvalue weighted by molar-refractivity contribution is 5.94. The van der Waals surface area contributed by atoms with Gasteiger partial charge in [-0.25, -0.2) is 4.79 Å². The van der Waals surface area contributed by atoms with Gasteiger partial charge in [0.2, 0.25) is 0 Å². The average Bonchev–Trinajstić information content (AvgIpc) is 3.15. The van der Waals surface area contributed by atoms with Gasteiger partial charge in [-0.2, -0.15) is 0 Å². The Morgan fingerprint density at radius 1 is 1.03 bits per heavy atom. The van der Waals surface area contributed by atoms with Gasteiger partial charge in [-0.1, -0.05) is 18.2 Å². The fourth-order valence-electron chi connectivity index (χ4n) is 4.16. The molecule has 7 heteroatoms. The van der Waals surface area contributed by atoms with E-state index < -0.39 is 11.7 Å².